The number of esters is 1. The highest BCUT2D eigenvalue weighted by atomic mass is 32.1. The number of rotatable bonds is 7. The van der Waals surface area contributed by atoms with E-state index < -0.39 is 0 Å². The molecule has 0 aliphatic carbocycles. The van der Waals surface area contributed by atoms with Gasteiger partial charge in [-0.1, -0.05) is 19.1 Å². The fraction of sp³-hybridized carbons (Fsp3) is 0.800. The zero-order valence-corrected chi connectivity index (χ0v) is 10.5. The molecule has 0 radical (unpaired) electrons. The van der Waals surface area contributed by atoms with Gasteiger partial charge in [0.25, 0.3) is 0 Å². The van der Waals surface area contributed by atoms with Crippen LogP contribution >= 0.6 is 12.2 Å². The van der Waals surface area contributed by atoms with E-state index in [1.165, 1.54) is 0 Å². The van der Waals surface area contributed by atoms with Crippen LogP contribution in [0.2, 0.25) is 0 Å². The van der Waals surface area contributed by atoms with E-state index >= 15 is 0 Å². The summed E-state index contributed by atoms with van der Waals surface area (Å²) < 4.78 is 5.04. The summed E-state index contributed by atoms with van der Waals surface area (Å²) in [5.41, 5.74) is 5.40. The zero-order chi connectivity index (χ0) is 11.8. The van der Waals surface area contributed by atoms with Gasteiger partial charge in [0.05, 0.1) is 17.6 Å². The van der Waals surface area contributed by atoms with Crippen LogP contribution in [0.15, 0.2) is 0 Å². The summed E-state index contributed by atoms with van der Waals surface area (Å²) in [5.74, 6) is -0.199. The Morgan fingerprint density at radius 1 is 1.53 bits per heavy atom. The molecule has 0 saturated carbocycles. The average Bonchev–Trinajstić information content (AvgIpc) is 2.10. The predicted octanol–water partition coefficient (Wildman–Crippen LogP) is 0.936. The molecule has 0 fully saturated rings. The van der Waals surface area contributed by atoms with Crippen LogP contribution in [0.25, 0.3) is 0 Å². The quantitative estimate of drug-likeness (QED) is 0.523. The van der Waals surface area contributed by atoms with E-state index in [1.54, 1.807) is 0 Å². The van der Waals surface area contributed by atoms with Gasteiger partial charge in [-0.15, -0.1) is 0 Å². The van der Waals surface area contributed by atoms with Crippen LogP contribution in [0.1, 0.15) is 27.2 Å². The SMILES string of the molecule is CCN(CCC(N)=S)CC(=O)OC(C)C. The maximum atomic E-state index is 11.3. The van der Waals surface area contributed by atoms with E-state index in [2.05, 4.69) is 0 Å². The molecule has 4 nitrogen and oxygen atoms in total. The Bertz CT molecular complexity index is 219. The summed E-state index contributed by atoms with van der Waals surface area (Å²) in [6.45, 7) is 7.46. The van der Waals surface area contributed by atoms with Crippen molar-refractivity contribution in [3.8, 4) is 0 Å². The maximum Gasteiger partial charge on any atom is 0.320 e. The lowest BCUT2D eigenvalue weighted by molar-refractivity contribution is -0.148. The van der Waals surface area contributed by atoms with Gasteiger partial charge in [-0.2, -0.15) is 0 Å². The Hall–Kier alpha value is -0.680. The van der Waals surface area contributed by atoms with Crippen molar-refractivity contribution >= 4 is 23.2 Å². The van der Waals surface area contributed by atoms with Gasteiger partial charge in [-0.05, 0) is 20.4 Å². The van der Waals surface area contributed by atoms with Gasteiger partial charge < -0.3 is 10.5 Å². The largest absolute Gasteiger partial charge is 0.462 e. The van der Waals surface area contributed by atoms with Crippen LogP contribution in [0.5, 0.6) is 0 Å². The second-order valence-electron chi connectivity index (χ2n) is 3.62. The molecule has 2 N–H and O–H groups in total. The van der Waals surface area contributed by atoms with Gasteiger partial charge in [0, 0.05) is 13.0 Å². The topological polar surface area (TPSA) is 55.6 Å². The smallest absolute Gasteiger partial charge is 0.320 e. The summed E-state index contributed by atoms with van der Waals surface area (Å²) in [5, 5.41) is 0. The molecule has 0 aromatic heterocycles. The van der Waals surface area contributed by atoms with E-state index in [0.29, 0.717) is 24.5 Å². The number of nitrogens with zero attached hydrogens (tertiary/aromatic N) is 1. The van der Waals surface area contributed by atoms with E-state index in [1.807, 2.05) is 25.7 Å². The van der Waals surface area contributed by atoms with Gasteiger partial charge in [-0.25, -0.2) is 0 Å². The highest BCUT2D eigenvalue weighted by Crippen LogP contribution is 1.95. The molecule has 15 heavy (non-hydrogen) atoms. The van der Waals surface area contributed by atoms with Crippen molar-refractivity contribution < 1.29 is 9.53 Å². The first-order chi connectivity index (χ1) is 6.95. The molecule has 0 aliphatic heterocycles. The molecule has 88 valence electrons. The fourth-order valence-electron chi connectivity index (χ4n) is 1.10. The monoisotopic (exact) mass is 232 g/mol. The van der Waals surface area contributed by atoms with Crippen molar-refractivity contribution in [3.63, 3.8) is 0 Å². The molecule has 0 bridgehead atoms. The first kappa shape index (κ1) is 14.3. The molecule has 0 rings (SSSR count). The molecule has 0 aromatic carbocycles. The molecule has 0 unspecified atom stereocenters. The Morgan fingerprint density at radius 3 is 2.53 bits per heavy atom. The summed E-state index contributed by atoms with van der Waals surface area (Å²) in [6.07, 6.45) is 0.574. The van der Waals surface area contributed by atoms with Gasteiger partial charge in [0.2, 0.25) is 0 Å². The van der Waals surface area contributed by atoms with Crippen LogP contribution in [-0.4, -0.2) is 41.6 Å². The van der Waals surface area contributed by atoms with Crippen LogP contribution < -0.4 is 5.73 Å². The summed E-state index contributed by atoms with van der Waals surface area (Å²) in [4.78, 5) is 13.8. The Kier molecular flexibility index (Phi) is 7.25. The van der Waals surface area contributed by atoms with Gasteiger partial charge in [0.1, 0.15) is 0 Å². The van der Waals surface area contributed by atoms with Crippen molar-refractivity contribution in [1.82, 2.24) is 4.90 Å². The second kappa shape index (κ2) is 7.59. The van der Waals surface area contributed by atoms with Crippen LogP contribution in [-0.2, 0) is 9.53 Å². The zero-order valence-electron chi connectivity index (χ0n) is 9.66. The predicted molar refractivity (Wildman–Crippen MR) is 64.7 cm³/mol. The highest BCUT2D eigenvalue weighted by molar-refractivity contribution is 7.80. The van der Waals surface area contributed by atoms with E-state index in [-0.39, 0.29) is 12.1 Å². The second-order valence-corrected chi connectivity index (χ2v) is 4.15. The summed E-state index contributed by atoms with van der Waals surface area (Å²) >= 11 is 4.78. The van der Waals surface area contributed by atoms with Crippen molar-refractivity contribution in [2.75, 3.05) is 19.6 Å². The standard InChI is InChI=1S/C10H20N2O2S/c1-4-12(6-5-9(11)15)7-10(13)14-8(2)3/h8H,4-7H2,1-3H3,(H2,11,15). The molecule has 5 heteroatoms. The lowest BCUT2D eigenvalue weighted by Gasteiger charge is -2.19. The minimum atomic E-state index is -0.199. The number of carbonyl (C=O) groups excluding carboxylic acids is 1. The Morgan fingerprint density at radius 2 is 2.13 bits per heavy atom. The van der Waals surface area contributed by atoms with Crippen LogP contribution in [0.4, 0.5) is 0 Å². The number of carbonyl (C=O) groups is 1. The number of hydrogen-bond donors (Lipinski definition) is 1. The number of ether oxygens (including phenoxy) is 1. The Labute approximate surface area is 96.8 Å². The molecule has 0 aliphatic rings. The Balaban J connectivity index is 3.87. The number of thiocarbonyl (C=S) groups is 1. The van der Waals surface area contributed by atoms with E-state index in [0.717, 1.165) is 6.54 Å². The first-order valence-corrected chi connectivity index (χ1v) is 5.56. The molecule has 0 atom stereocenters. The van der Waals surface area contributed by atoms with Gasteiger partial charge >= 0.3 is 5.97 Å². The minimum Gasteiger partial charge on any atom is -0.462 e. The number of nitrogens with two attached hydrogens (primary N) is 1. The molecule has 0 heterocycles. The summed E-state index contributed by atoms with van der Waals surface area (Å²) in [7, 11) is 0. The maximum absolute atomic E-state index is 11.3. The summed E-state index contributed by atoms with van der Waals surface area (Å²) in [6, 6.07) is 0. The molecular formula is C10H20N2O2S. The molecule has 0 amide bonds. The highest BCUT2D eigenvalue weighted by Gasteiger charge is 2.11. The van der Waals surface area contributed by atoms with Gasteiger partial charge in [-0.3, -0.25) is 9.69 Å². The lowest BCUT2D eigenvalue weighted by Crippen LogP contribution is -2.34. The average molecular weight is 232 g/mol. The van der Waals surface area contributed by atoms with Gasteiger partial charge in [0.15, 0.2) is 0 Å². The number of likely N-dealkylation sites (N-methyl/N-ethyl adjacent to an activating group) is 1. The van der Waals surface area contributed by atoms with Crippen molar-refractivity contribution in [1.29, 1.82) is 0 Å². The minimum absolute atomic E-state index is 0.0632. The third-order valence-corrected chi connectivity index (χ3v) is 2.05. The first-order valence-electron chi connectivity index (χ1n) is 5.15. The van der Waals surface area contributed by atoms with Crippen LogP contribution in [0.3, 0.4) is 0 Å². The van der Waals surface area contributed by atoms with Crippen molar-refractivity contribution in [2.24, 2.45) is 5.73 Å². The third kappa shape index (κ3) is 8.32. The van der Waals surface area contributed by atoms with E-state index in [4.69, 9.17) is 22.7 Å². The number of hydrogen-bond acceptors (Lipinski definition) is 4. The molecule has 0 saturated heterocycles. The van der Waals surface area contributed by atoms with E-state index in [9.17, 15) is 4.79 Å². The third-order valence-electron chi connectivity index (χ3n) is 1.84. The van der Waals surface area contributed by atoms with Crippen molar-refractivity contribution in [3.05, 3.63) is 0 Å². The molecular weight excluding hydrogens is 212 g/mol. The van der Waals surface area contributed by atoms with Crippen molar-refractivity contribution in [2.45, 2.75) is 33.3 Å². The molecule has 0 aromatic rings. The molecule has 0 spiro atoms. The normalized spacial score (nSPS) is 10.7. The van der Waals surface area contributed by atoms with Crippen LogP contribution in [0, 0.1) is 0 Å². The fourth-order valence-corrected chi connectivity index (χ4v) is 1.19. The lowest BCUT2D eigenvalue weighted by atomic mass is 10.3.